The summed E-state index contributed by atoms with van der Waals surface area (Å²) in [6, 6.07) is 1.36. The molecule has 1 rings (SSSR count). The summed E-state index contributed by atoms with van der Waals surface area (Å²) in [7, 11) is 1.55. The van der Waals surface area contributed by atoms with Gasteiger partial charge in [-0.25, -0.2) is 4.39 Å². The number of aromatic nitrogens is 1. The predicted octanol–water partition coefficient (Wildman–Crippen LogP) is 1.50. The first-order chi connectivity index (χ1) is 8.20. The molecule has 0 radical (unpaired) electrons. The van der Waals surface area contributed by atoms with Crippen LogP contribution in [0.5, 0.6) is 0 Å². The van der Waals surface area contributed by atoms with E-state index in [9.17, 15) is 9.18 Å². The fourth-order valence-electron chi connectivity index (χ4n) is 1.35. The van der Waals surface area contributed by atoms with Crippen LogP contribution in [0.1, 0.15) is 10.4 Å². The molecule has 0 aliphatic carbocycles. The van der Waals surface area contributed by atoms with Gasteiger partial charge in [-0.2, -0.15) is 0 Å². The van der Waals surface area contributed by atoms with E-state index in [0.717, 1.165) is 6.20 Å². The highest BCUT2D eigenvalue weighted by molar-refractivity contribution is 5.94. The highest BCUT2D eigenvalue weighted by Crippen LogP contribution is 2.08. The number of ether oxygens (including phenoxy) is 1. The van der Waals surface area contributed by atoms with Gasteiger partial charge in [0.1, 0.15) is 0 Å². The number of hydrogen-bond acceptors (Lipinski definition) is 3. The van der Waals surface area contributed by atoms with Crippen LogP contribution in [0.2, 0.25) is 0 Å². The summed E-state index contributed by atoms with van der Waals surface area (Å²) in [5.74, 6) is -1.01. The average molecular weight is 238 g/mol. The lowest BCUT2D eigenvalue weighted by molar-refractivity contribution is 0.0713. The Labute approximate surface area is 99.7 Å². The van der Waals surface area contributed by atoms with E-state index in [-0.39, 0.29) is 11.5 Å². The molecule has 0 fully saturated rings. The molecule has 0 aliphatic rings. The highest BCUT2D eigenvalue weighted by atomic mass is 19.1. The molecule has 1 aromatic heterocycles. The normalized spacial score (nSPS) is 10.0. The molecule has 0 saturated carbocycles. The van der Waals surface area contributed by atoms with E-state index in [4.69, 9.17) is 4.74 Å². The van der Waals surface area contributed by atoms with Crippen molar-refractivity contribution in [3.05, 3.63) is 42.5 Å². The zero-order valence-corrected chi connectivity index (χ0v) is 9.73. The molecule has 0 saturated heterocycles. The molecule has 0 aliphatic heterocycles. The third-order valence-corrected chi connectivity index (χ3v) is 2.20. The second kappa shape index (κ2) is 6.75. The summed E-state index contributed by atoms with van der Waals surface area (Å²) < 4.78 is 18.3. The van der Waals surface area contributed by atoms with Gasteiger partial charge in [0.25, 0.3) is 5.91 Å². The van der Waals surface area contributed by atoms with Crippen LogP contribution in [0.15, 0.2) is 31.1 Å². The number of nitrogens with zero attached hydrogens (tertiary/aromatic N) is 2. The number of halogens is 1. The SMILES string of the molecule is C=CCN(CCOC)C(=O)c1ccncc1F. The molecular formula is C12H15FN2O2. The van der Waals surface area contributed by atoms with Gasteiger partial charge in [-0.3, -0.25) is 9.78 Å². The Balaban J connectivity index is 2.83. The Bertz CT molecular complexity index is 396. The lowest BCUT2D eigenvalue weighted by atomic mass is 10.2. The van der Waals surface area contributed by atoms with Gasteiger partial charge in [0, 0.05) is 26.4 Å². The Morgan fingerprint density at radius 1 is 1.71 bits per heavy atom. The zero-order chi connectivity index (χ0) is 12.7. The number of amides is 1. The number of pyridine rings is 1. The lowest BCUT2D eigenvalue weighted by Crippen LogP contribution is -2.34. The first-order valence-corrected chi connectivity index (χ1v) is 5.19. The van der Waals surface area contributed by atoms with Crippen molar-refractivity contribution in [2.75, 3.05) is 26.8 Å². The minimum absolute atomic E-state index is 0.0120. The average Bonchev–Trinajstić information content (AvgIpc) is 2.34. The monoisotopic (exact) mass is 238 g/mol. The molecule has 92 valence electrons. The van der Waals surface area contributed by atoms with Crippen molar-refractivity contribution in [1.29, 1.82) is 0 Å². The molecule has 4 nitrogen and oxygen atoms in total. The van der Waals surface area contributed by atoms with Gasteiger partial charge in [0.2, 0.25) is 0 Å². The number of methoxy groups -OCH3 is 1. The fraction of sp³-hybridized carbons (Fsp3) is 0.333. The molecular weight excluding hydrogens is 223 g/mol. The van der Waals surface area contributed by atoms with Gasteiger partial charge in [-0.15, -0.1) is 6.58 Å². The predicted molar refractivity (Wildman–Crippen MR) is 62.2 cm³/mol. The van der Waals surface area contributed by atoms with E-state index >= 15 is 0 Å². The molecule has 17 heavy (non-hydrogen) atoms. The maximum absolute atomic E-state index is 13.4. The molecule has 0 bridgehead atoms. The van der Waals surface area contributed by atoms with Crippen molar-refractivity contribution in [2.24, 2.45) is 0 Å². The summed E-state index contributed by atoms with van der Waals surface area (Å²) in [4.78, 5) is 17.1. The maximum atomic E-state index is 13.4. The minimum Gasteiger partial charge on any atom is -0.383 e. The molecule has 0 spiro atoms. The van der Waals surface area contributed by atoms with Crippen molar-refractivity contribution in [2.45, 2.75) is 0 Å². The Morgan fingerprint density at radius 3 is 3.06 bits per heavy atom. The topological polar surface area (TPSA) is 42.4 Å². The summed E-state index contributed by atoms with van der Waals surface area (Å²) in [5, 5.41) is 0. The van der Waals surface area contributed by atoms with E-state index < -0.39 is 5.82 Å². The van der Waals surface area contributed by atoms with Crippen molar-refractivity contribution in [3.63, 3.8) is 0 Å². The summed E-state index contributed by atoms with van der Waals surface area (Å²) >= 11 is 0. The van der Waals surface area contributed by atoms with Crippen molar-refractivity contribution in [3.8, 4) is 0 Å². The van der Waals surface area contributed by atoms with Crippen LogP contribution >= 0.6 is 0 Å². The fourth-order valence-corrected chi connectivity index (χ4v) is 1.35. The molecule has 5 heteroatoms. The highest BCUT2D eigenvalue weighted by Gasteiger charge is 2.17. The van der Waals surface area contributed by atoms with Crippen LogP contribution < -0.4 is 0 Å². The standard InChI is InChI=1S/C12H15FN2O2/c1-3-6-15(7-8-17-2)12(16)10-4-5-14-9-11(10)13/h3-5,9H,1,6-8H2,2H3. The Morgan fingerprint density at radius 2 is 2.47 bits per heavy atom. The van der Waals surface area contributed by atoms with Crippen LogP contribution in [0.3, 0.4) is 0 Å². The number of carbonyl (C=O) groups excluding carboxylic acids is 1. The molecule has 0 N–H and O–H groups in total. The van der Waals surface area contributed by atoms with Crippen LogP contribution in [-0.2, 0) is 4.74 Å². The van der Waals surface area contributed by atoms with Gasteiger partial charge in [0.05, 0.1) is 18.4 Å². The largest absolute Gasteiger partial charge is 0.383 e. The Hall–Kier alpha value is -1.75. The zero-order valence-electron chi connectivity index (χ0n) is 9.73. The van der Waals surface area contributed by atoms with Crippen LogP contribution in [0, 0.1) is 5.82 Å². The molecule has 1 amide bonds. The molecule has 0 unspecified atom stereocenters. The second-order valence-corrected chi connectivity index (χ2v) is 3.39. The summed E-state index contributed by atoms with van der Waals surface area (Å²) in [5.41, 5.74) is 0.0120. The third-order valence-electron chi connectivity index (χ3n) is 2.20. The van der Waals surface area contributed by atoms with Crippen molar-refractivity contribution in [1.82, 2.24) is 9.88 Å². The van der Waals surface area contributed by atoms with Crippen molar-refractivity contribution < 1.29 is 13.9 Å². The third kappa shape index (κ3) is 3.64. The molecule has 0 atom stereocenters. The number of hydrogen-bond donors (Lipinski definition) is 0. The van der Waals surface area contributed by atoms with E-state index in [0.29, 0.717) is 19.7 Å². The van der Waals surface area contributed by atoms with Crippen LogP contribution in [0.25, 0.3) is 0 Å². The molecule has 0 aromatic carbocycles. The smallest absolute Gasteiger partial charge is 0.257 e. The summed E-state index contributed by atoms with van der Waals surface area (Å²) in [6.45, 7) is 4.70. The minimum atomic E-state index is -0.621. The van der Waals surface area contributed by atoms with E-state index in [1.807, 2.05) is 0 Å². The van der Waals surface area contributed by atoms with Crippen LogP contribution in [0.4, 0.5) is 4.39 Å². The van der Waals surface area contributed by atoms with E-state index in [2.05, 4.69) is 11.6 Å². The first-order valence-electron chi connectivity index (χ1n) is 5.19. The van der Waals surface area contributed by atoms with Gasteiger partial charge in [-0.05, 0) is 6.07 Å². The second-order valence-electron chi connectivity index (χ2n) is 3.39. The Kier molecular flexibility index (Phi) is 5.29. The van der Waals surface area contributed by atoms with Crippen molar-refractivity contribution >= 4 is 5.91 Å². The molecule has 1 aromatic rings. The van der Waals surface area contributed by atoms with E-state index in [1.165, 1.54) is 17.2 Å². The van der Waals surface area contributed by atoms with Gasteiger partial charge >= 0.3 is 0 Å². The number of carbonyl (C=O) groups is 1. The quantitative estimate of drug-likeness (QED) is 0.705. The van der Waals surface area contributed by atoms with Gasteiger partial charge < -0.3 is 9.64 Å². The lowest BCUT2D eigenvalue weighted by Gasteiger charge is -2.20. The maximum Gasteiger partial charge on any atom is 0.257 e. The number of rotatable bonds is 6. The van der Waals surface area contributed by atoms with Gasteiger partial charge in [-0.1, -0.05) is 6.08 Å². The van der Waals surface area contributed by atoms with Crippen LogP contribution in [-0.4, -0.2) is 42.6 Å². The molecule has 1 heterocycles. The summed E-state index contributed by atoms with van der Waals surface area (Å²) in [6.07, 6.45) is 4.00. The first kappa shape index (κ1) is 13.3. The van der Waals surface area contributed by atoms with E-state index in [1.54, 1.807) is 13.2 Å². The van der Waals surface area contributed by atoms with Gasteiger partial charge in [0.15, 0.2) is 5.82 Å².